The molecule has 0 saturated carbocycles. The Morgan fingerprint density at radius 1 is 0.750 bits per heavy atom. The fraction of sp³-hybridized carbons (Fsp3) is 0.0667. The average molecular weight is 212 g/mol. The predicted molar refractivity (Wildman–Crippen MR) is 66.5 cm³/mol. The second kappa shape index (κ2) is 4.75. The van der Waals surface area contributed by atoms with E-state index in [4.69, 9.17) is 0 Å². The molecule has 0 heterocycles. The molecule has 0 N–H and O–H groups in total. The van der Waals surface area contributed by atoms with Gasteiger partial charge in [0.1, 0.15) is 5.82 Å². The van der Waals surface area contributed by atoms with Gasteiger partial charge < -0.3 is 0 Å². The molecule has 1 heteroatoms. The maximum atomic E-state index is 12.7. The molecule has 2 aromatic carbocycles. The number of aryl methyl sites for hydroxylation is 1. The lowest BCUT2D eigenvalue weighted by Crippen LogP contribution is -1.76. The molecule has 0 atom stereocenters. The van der Waals surface area contributed by atoms with E-state index in [2.05, 4.69) is 31.2 Å². The van der Waals surface area contributed by atoms with Gasteiger partial charge in [-0.25, -0.2) is 4.39 Å². The Hall–Kier alpha value is -1.89. The van der Waals surface area contributed by atoms with Crippen molar-refractivity contribution in [3.05, 3.63) is 71.0 Å². The third kappa shape index (κ3) is 2.80. The highest BCUT2D eigenvalue weighted by Crippen LogP contribution is 2.10. The van der Waals surface area contributed by atoms with Gasteiger partial charge in [0.05, 0.1) is 0 Å². The topological polar surface area (TPSA) is 0 Å². The van der Waals surface area contributed by atoms with Crippen LogP contribution in [0.25, 0.3) is 12.2 Å². The molecule has 0 aliphatic carbocycles. The van der Waals surface area contributed by atoms with Crippen LogP contribution in [-0.2, 0) is 0 Å². The van der Waals surface area contributed by atoms with Crippen LogP contribution in [0.4, 0.5) is 4.39 Å². The van der Waals surface area contributed by atoms with Crippen LogP contribution < -0.4 is 0 Å². The van der Waals surface area contributed by atoms with Gasteiger partial charge in [-0.15, -0.1) is 0 Å². The number of hydrogen-bond acceptors (Lipinski definition) is 0. The highest BCUT2D eigenvalue weighted by molar-refractivity contribution is 5.69. The largest absolute Gasteiger partial charge is 0.207 e. The number of hydrogen-bond donors (Lipinski definition) is 0. The summed E-state index contributed by atoms with van der Waals surface area (Å²) in [6.45, 7) is 2.06. The molecule has 16 heavy (non-hydrogen) atoms. The summed E-state index contributed by atoms with van der Waals surface area (Å²) in [6, 6.07) is 14.7. The minimum absolute atomic E-state index is 0.201. The van der Waals surface area contributed by atoms with Crippen LogP contribution in [0.2, 0.25) is 0 Å². The van der Waals surface area contributed by atoms with Gasteiger partial charge in [-0.05, 0) is 30.2 Å². The molecule has 2 rings (SSSR count). The summed E-state index contributed by atoms with van der Waals surface area (Å²) in [5.74, 6) is -0.201. The molecule has 0 fully saturated rings. The molecular formula is C15H13F. The summed E-state index contributed by atoms with van der Waals surface area (Å²) in [7, 11) is 0. The Morgan fingerprint density at radius 2 is 1.19 bits per heavy atom. The van der Waals surface area contributed by atoms with Gasteiger partial charge in [0.25, 0.3) is 0 Å². The SMILES string of the molecule is Cc1ccc(/C=C/c2ccc(F)cc2)cc1. The minimum atomic E-state index is -0.201. The van der Waals surface area contributed by atoms with Gasteiger partial charge in [0.2, 0.25) is 0 Å². The van der Waals surface area contributed by atoms with Crippen molar-refractivity contribution in [1.82, 2.24) is 0 Å². The molecule has 0 nitrogen and oxygen atoms in total. The second-order valence-electron chi connectivity index (χ2n) is 3.80. The smallest absolute Gasteiger partial charge is 0.123 e. The first-order valence-electron chi connectivity index (χ1n) is 5.24. The Kier molecular flexibility index (Phi) is 3.16. The maximum Gasteiger partial charge on any atom is 0.123 e. The van der Waals surface area contributed by atoms with Gasteiger partial charge in [-0.2, -0.15) is 0 Å². The van der Waals surface area contributed by atoms with E-state index in [1.54, 1.807) is 12.1 Å². The zero-order valence-electron chi connectivity index (χ0n) is 9.15. The van der Waals surface area contributed by atoms with Crippen LogP contribution in [0, 0.1) is 12.7 Å². The van der Waals surface area contributed by atoms with Crippen LogP contribution >= 0.6 is 0 Å². The first kappa shape index (κ1) is 10.6. The van der Waals surface area contributed by atoms with E-state index in [9.17, 15) is 4.39 Å². The van der Waals surface area contributed by atoms with Crippen molar-refractivity contribution in [2.75, 3.05) is 0 Å². The monoisotopic (exact) mass is 212 g/mol. The van der Waals surface area contributed by atoms with Crippen LogP contribution in [0.3, 0.4) is 0 Å². The lowest BCUT2D eigenvalue weighted by molar-refractivity contribution is 0.628. The zero-order valence-corrected chi connectivity index (χ0v) is 9.15. The van der Waals surface area contributed by atoms with Gasteiger partial charge in [0, 0.05) is 0 Å². The van der Waals surface area contributed by atoms with Gasteiger partial charge in [-0.3, -0.25) is 0 Å². The van der Waals surface area contributed by atoms with Crippen molar-refractivity contribution in [2.45, 2.75) is 6.92 Å². The molecule has 0 amide bonds. The molecule has 0 unspecified atom stereocenters. The lowest BCUT2D eigenvalue weighted by Gasteiger charge is -1.95. The predicted octanol–water partition coefficient (Wildman–Crippen LogP) is 4.30. The maximum absolute atomic E-state index is 12.7. The van der Waals surface area contributed by atoms with E-state index in [0.717, 1.165) is 11.1 Å². The fourth-order valence-electron chi connectivity index (χ4n) is 1.44. The average Bonchev–Trinajstić information content (AvgIpc) is 2.30. The normalized spacial score (nSPS) is 10.9. The van der Waals surface area contributed by atoms with E-state index in [-0.39, 0.29) is 5.82 Å². The lowest BCUT2D eigenvalue weighted by atomic mass is 10.1. The van der Waals surface area contributed by atoms with Gasteiger partial charge >= 0.3 is 0 Å². The third-order valence-electron chi connectivity index (χ3n) is 2.42. The molecule has 80 valence electrons. The van der Waals surface area contributed by atoms with Gasteiger partial charge in [0.15, 0.2) is 0 Å². The first-order chi connectivity index (χ1) is 7.74. The van der Waals surface area contributed by atoms with Crippen molar-refractivity contribution in [2.24, 2.45) is 0 Å². The molecule has 0 radical (unpaired) electrons. The summed E-state index contributed by atoms with van der Waals surface area (Å²) in [5.41, 5.74) is 3.40. The fourth-order valence-corrected chi connectivity index (χ4v) is 1.44. The quantitative estimate of drug-likeness (QED) is 0.651. The van der Waals surface area contributed by atoms with E-state index < -0.39 is 0 Å². The Balaban J connectivity index is 2.15. The van der Waals surface area contributed by atoms with Crippen molar-refractivity contribution in [1.29, 1.82) is 0 Å². The molecule has 2 aromatic rings. The minimum Gasteiger partial charge on any atom is -0.207 e. The molecular weight excluding hydrogens is 199 g/mol. The second-order valence-corrected chi connectivity index (χ2v) is 3.80. The van der Waals surface area contributed by atoms with E-state index in [1.165, 1.54) is 17.7 Å². The van der Waals surface area contributed by atoms with Crippen LogP contribution in [0.15, 0.2) is 48.5 Å². The highest BCUT2D eigenvalue weighted by Gasteiger charge is 1.90. The number of rotatable bonds is 2. The van der Waals surface area contributed by atoms with E-state index >= 15 is 0 Å². The van der Waals surface area contributed by atoms with Crippen molar-refractivity contribution >= 4 is 12.2 Å². The summed E-state index contributed by atoms with van der Waals surface area (Å²) in [5, 5.41) is 0. The standard InChI is InChI=1S/C15H13F/c1-12-2-4-13(5-3-12)6-7-14-8-10-15(16)11-9-14/h2-11H,1H3/b7-6+. The summed E-state index contributed by atoms with van der Waals surface area (Å²) in [4.78, 5) is 0. The van der Waals surface area contributed by atoms with Crippen LogP contribution in [0.5, 0.6) is 0 Å². The Labute approximate surface area is 95.1 Å². The molecule has 0 saturated heterocycles. The zero-order chi connectivity index (χ0) is 11.4. The van der Waals surface area contributed by atoms with E-state index in [0.29, 0.717) is 0 Å². The number of halogens is 1. The van der Waals surface area contributed by atoms with Gasteiger partial charge in [-0.1, -0.05) is 54.1 Å². The molecule has 0 aromatic heterocycles. The summed E-state index contributed by atoms with van der Waals surface area (Å²) < 4.78 is 12.7. The highest BCUT2D eigenvalue weighted by atomic mass is 19.1. The summed E-state index contributed by atoms with van der Waals surface area (Å²) >= 11 is 0. The van der Waals surface area contributed by atoms with Crippen molar-refractivity contribution in [3.63, 3.8) is 0 Å². The third-order valence-corrected chi connectivity index (χ3v) is 2.42. The van der Waals surface area contributed by atoms with Crippen LogP contribution in [0.1, 0.15) is 16.7 Å². The van der Waals surface area contributed by atoms with E-state index in [1.807, 2.05) is 12.2 Å². The molecule has 0 spiro atoms. The Morgan fingerprint density at radius 3 is 1.69 bits per heavy atom. The number of benzene rings is 2. The summed E-state index contributed by atoms with van der Waals surface area (Å²) in [6.07, 6.45) is 4.00. The molecule has 0 aliphatic heterocycles. The van der Waals surface area contributed by atoms with Crippen LogP contribution in [-0.4, -0.2) is 0 Å². The first-order valence-corrected chi connectivity index (χ1v) is 5.24. The molecule has 0 bridgehead atoms. The molecule has 0 aliphatic rings. The van der Waals surface area contributed by atoms with Crippen molar-refractivity contribution in [3.8, 4) is 0 Å². The van der Waals surface area contributed by atoms with Crippen molar-refractivity contribution < 1.29 is 4.39 Å². The Bertz CT molecular complexity index is 430.